The number of benzene rings is 1. The Labute approximate surface area is 122 Å². The molecule has 0 aliphatic carbocycles. The van der Waals surface area contributed by atoms with Crippen molar-refractivity contribution in [2.45, 2.75) is 11.3 Å². The minimum Gasteiger partial charge on any atom is -0.350 e. The van der Waals surface area contributed by atoms with Crippen molar-refractivity contribution in [1.82, 2.24) is 14.9 Å². The Bertz CT molecular complexity index is 735. The van der Waals surface area contributed by atoms with Crippen molar-refractivity contribution < 1.29 is 13.2 Å². The lowest BCUT2D eigenvalue weighted by atomic mass is 10.1. The van der Waals surface area contributed by atoms with Crippen molar-refractivity contribution in [1.29, 1.82) is 0 Å². The van der Waals surface area contributed by atoms with Crippen LogP contribution in [0.5, 0.6) is 0 Å². The number of aryl methyl sites for hydroxylation is 1. The van der Waals surface area contributed by atoms with Crippen LogP contribution >= 0.6 is 0 Å². The van der Waals surface area contributed by atoms with Gasteiger partial charge in [0.2, 0.25) is 10.0 Å². The number of nitrogens with two attached hydrogens (primary N) is 1. The molecule has 3 N–H and O–H groups in total. The van der Waals surface area contributed by atoms with Gasteiger partial charge < -0.3 is 9.88 Å². The van der Waals surface area contributed by atoms with Crippen molar-refractivity contribution in [3.05, 3.63) is 48.0 Å². The number of nitrogens with zero attached hydrogens (tertiary/aromatic N) is 2. The van der Waals surface area contributed by atoms with E-state index in [2.05, 4.69) is 10.3 Å². The maximum absolute atomic E-state index is 11.8. The molecule has 0 saturated heterocycles. The van der Waals surface area contributed by atoms with Gasteiger partial charge in [-0.1, -0.05) is 12.1 Å². The van der Waals surface area contributed by atoms with Gasteiger partial charge in [-0.3, -0.25) is 4.79 Å². The second-order valence-corrected chi connectivity index (χ2v) is 6.18. The summed E-state index contributed by atoms with van der Waals surface area (Å²) in [5.74, 6) is -0.239. The van der Waals surface area contributed by atoms with Gasteiger partial charge >= 0.3 is 0 Å². The first-order chi connectivity index (χ1) is 9.86. The van der Waals surface area contributed by atoms with Crippen molar-refractivity contribution in [3.8, 4) is 0 Å². The molecule has 0 radical (unpaired) electrons. The van der Waals surface area contributed by atoms with Crippen LogP contribution in [-0.2, 0) is 23.5 Å². The smallest absolute Gasteiger partial charge is 0.271 e. The number of hydrogen-bond acceptors (Lipinski definition) is 4. The molecule has 0 atom stereocenters. The summed E-state index contributed by atoms with van der Waals surface area (Å²) < 4.78 is 23.9. The van der Waals surface area contributed by atoms with Crippen LogP contribution in [-0.4, -0.2) is 30.4 Å². The third-order valence-corrected chi connectivity index (χ3v) is 3.82. The monoisotopic (exact) mass is 308 g/mol. The maximum Gasteiger partial charge on any atom is 0.271 e. The van der Waals surface area contributed by atoms with Crippen molar-refractivity contribution in [3.63, 3.8) is 0 Å². The first-order valence-electron chi connectivity index (χ1n) is 6.24. The Balaban J connectivity index is 1.88. The van der Waals surface area contributed by atoms with Crippen molar-refractivity contribution in [2.75, 3.05) is 6.54 Å². The lowest BCUT2D eigenvalue weighted by Crippen LogP contribution is -2.26. The first-order valence-corrected chi connectivity index (χ1v) is 7.79. The summed E-state index contributed by atoms with van der Waals surface area (Å²) in [6.07, 6.45) is 3.78. The van der Waals surface area contributed by atoms with Gasteiger partial charge in [-0.25, -0.2) is 18.5 Å². The number of carbonyl (C=O) groups excluding carboxylic acids is 1. The zero-order valence-electron chi connectivity index (χ0n) is 11.5. The fourth-order valence-electron chi connectivity index (χ4n) is 1.79. The minimum absolute atomic E-state index is 0.0729. The summed E-state index contributed by atoms with van der Waals surface area (Å²) in [7, 11) is -1.88. The van der Waals surface area contributed by atoms with Gasteiger partial charge in [-0.15, -0.1) is 0 Å². The van der Waals surface area contributed by atoms with E-state index in [0.717, 1.165) is 5.56 Å². The zero-order valence-corrected chi connectivity index (χ0v) is 12.3. The summed E-state index contributed by atoms with van der Waals surface area (Å²) in [4.78, 5) is 15.8. The van der Waals surface area contributed by atoms with E-state index < -0.39 is 10.0 Å². The minimum atomic E-state index is -3.67. The van der Waals surface area contributed by atoms with Gasteiger partial charge in [-0.2, -0.15) is 0 Å². The highest BCUT2D eigenvalue weighted by atomic mass is 32.2. The van der Waals surface area contributed by atoms with E-state index in [-0.39, 0.29) is 10.8 Å². The average molecular weight is 308 g/mol. The van der Waals surface area contributed by atoms with E-state index in [1.54, 1.807) is 36.3 Å². The number of primary sulfonamides is 1. The molecule has 0 saturated carbocycles. The Morgan fingerprint density at radius 2 is 2.00 bits per heavy atom. The number of aromatic nitrogens is 2. The fraction of sp³-hybridized carbons (Fsp3) is 0.231. The van der Waals surface area contributed by atoms with Crippen molar-refractivity contribution in [2.24, 2.45) is 12.2 Å². The molecule has 0 fully saturated rings. The molecule has 2 rings (SSSR count). The number of sulfonamides is 1. The lowest BCUT2D eigenvalue weighted by molar-refractivity contribution is 0.0949. The molecule has 8 heteroatoms. The molecule has 1 amide bonds. The number of hydrogen-bond donors (Lipinski definition) is 2. The van der Waals surface area contributed by atoms with E-state index in [4.69, 9.17) is 5.14 Å². The van der Waals surface area contributed by atoms with Crippen LogP contribution in [0.4, 0.5) is 0 Å². The first kappa shape index (κ1) is 15.2. The highest BCUT2D eigenvalue weighted by Gasteiger charge is 2.09. The molecule has 0 unspecified atom stereocenters. The largest absolute Gasteiger partial charge is 0.350 e. The SMILES string of the molecule is Cn1cnc(C(=O)NCCc2ccc(S(N)(=O)=O)cc2)c1. The standard InChI is InChI=1S/C13H16N4O3S/c1-17-8-12(16-9-17)13(18)15-7-6-10-2-4-11(5-3-10)21(14,19)20/h2-5,8-9H,6-7H2,1H3,(H,15,18)(H2,14,19,20). The lowest BCUT2D eigenvalue weighted by Gasteiger charge is -2.04. The molecule has 1 heterocycles. The van der Waals surface area contributed by atoms with E-state index in [1.165, 1.54) is 12.1 Å². The van der Waals surface area contributed by atoms with Gasteiger partial charge in [0, 0.05) is 19.8 Å². The van der Waals surface area contributed by atoms with Gasteiger partial charge in [-0.05, 0) is 24.1 Å². The fourth-order valence-corrected chi connectivity index (χ4v) is 2.30. The topological polar surface area (TPSA) is 107 Å². The maximum atomic E-state index is 11.8. The summed E-state index contributed by atoms with van der Waals surface area (Å²) in [6, 6.07) is 6.25. The average Bonchev–Trinajstić information content (AvgIpc) is 2.85. The van der Waals surface area contributed by atoms with Crippen LogP contribution in [0.25, 0.3) is 0 Å². The molecule has 21 heavy (non-hydrogen) atoms. The van der Waals surface area contributed by atoms with E-state index in [0.29, 0.717) is 18.7 Å². The third kappa shape index (κ3) is 4.14. The molecule has 0 aliphatic rings. The predicted molar refractivity (Wildman–Crippen MR) is 77.1 cm³/mol. The second-order valence-electron chi connectivity index (χ2n) is 4.62. The molecule has 0 spiro atoms. The van der Waals surface area contributed by atoms with Crippen LogP contribution in [0.2, 0.25) is 0 Å². The van der Waals surface area contributed by atoms with Gasteiger partial charge in [0.25, 0.3) is 5.91 Å². The highest BCUT2D eigenvalue weighted by Crippen LogP contribution is 2.08. The summed E-state index contributed by atoms with van der Waals surface area (Å²) in [5, 5.41) is 7.77. The van der Waals surface area contributed by atoms with Crippen LogP contribution in [0.1, 0.15) is 16.1 Å². The Morgan fingerprint density at radius 3 is 2.52 bits per heavy atom. The van der Waals surface area contributed by atoms with E-state index >= 15 is 0 Å². The van der Waals surface area contributed by atoms with Gasteiger partial charge in [0.05, 0.1) is 11.2 Å². The van der Waals surface area contributed by atoms with E-state index in [9.17, 15) is 13.2 Å². The molecular weight excluding hydrogens is 292 g/mol. The third-order valence-electron chi connectivity index (χ3n) is 2.89. The number of imidazole rings is 1. The van der Waals surface area contributed by atoms with E-state index in [1.807, 2.05) is 0 Å². The molecule has 0 bridgehead atoms. The zero-order chi connectivity index (χ0) is 15.5. The predicted octanol–water partition coefficient (Wildman–Crippen LogP) is 0.0400. The molecule has 2 aromatic rings. The van der Waals surface area contributed by atoms with Crippen LogP contribution in [0.15, 0.2) is 41.7 Å². The van der Waals surface area contributed by atoms with Crippen molar-refractivity contribution >= 4 is 15.9 Å². The molecule has 7 nitrogen and oxygen atoms in total. The number of nitrogens with one attached hydrogen (secondary N) is 1. The quantitative estimate of drug-likeness (QED) is 0.813. The molecule has 1 aromatic carbocycles. The number of amides is 1. The Kier molecular flexibility index (Phi) is 4.39. The number of carbonyl (C=O) groups is 1. The summed E-state index contributed by atoms with van der Waals surface area (Å²) >= 11 is 0. The van der Waals surface area contributed by atoms with Gasteiger partial charge in [0.15, 0.2) is 0 Å². The number of rotatable bonds is 5. The van der Waals surface area contributed by atoms with Crippen LogP contribution < -0.4 is 10.5 Å². The Hall–Kier alpha value is -2.19. The molecule has 1 aromatic heterocycles. The van der Waals surface area contributed by atoms with Gasteiger partial charge in [0.1, 0.15) is 5.69 Å². The molecule has 112 valence electrons. The van der Waals surface area contributed by atoms with Crippen LogP contribution in [0.3, 0.4) is 0 Å². The summed E-state index contributed by atoms with van der Waals surface area (Å²) in [5.41, 5.74) is 1.27. The normalized spacial score (nSPS) is 11.3. The highest BCUT2D eigenvalue weighted by molar-refractivity contribution is 7.89. The van der Waals surface area contributed by atoms with Crippen LogP contribution in [0, 0.1) is 0 Å². The molecule has 0 aliphatic heterocycles. The molecular formula is C13H16N4O3S. The summed E-state index contributed by atoms with van der Waals surface area (Å²) in [6.45, 7) is 0.435. The Morgan fingerprint density at radius 1 is 1.33 bits per heavy atom. The second kappa shape index (κ2) is 6.06.